The van der Waals surface area contributed by atoms with E-state index in [0.717, 1.165) is 17.9 Å². The van der Waals surface area contributed by atoms with Crippen LogP contribution in [0.15, 0.2) is 11.4 Å². The molecule has 0 atom stereocenters. The minimum absolute atomic E-state index is 0.0581. The maximum atomic E-state index is 11.9. The van der Waals surface area contributed by atoms with Crippen LogP contribution in [0.5, 0.6) is 0 Å². The highest BCUT2D eigenvalue weighted by Crippen LogP contribution is 2.13. The normalized spacial score (nSPS) is 10.3. The maximum Gasteiger partial charge on any atom is 0.252 e. The summed E-state index contributed by atoms with van der Waals surface area (Å²) in [6, 6.07) is 1.77. The maximum absolute atomic E-state index is 11.9. The van der Waals surface area contributed by atoms with Gasteiger partial charge < -0.3 is 15.2 Å². The van der Waals surface area contributed by atoms with Crippen LogP contribution in [0.3, 0.4) is 0 Å². The predicted octanol–water partition coefficient (Wildman–Crippen LogP) is 2.27. The van der Waals surface area contributed by atoms with Crippen molar-refractivity contribution in [1.82, 2.24) is 5.32 Å². The molecule has 0 aliphatic heterocycles. The number of hydrogen-bond acceptors (Lipinski definition) is 4. The molecule has 1 heterocycles. The van der Waals surface area contributed by atoms with E-state index in [4.69, 9.17) is 9.84 Å². The zero-order valence-electron chi connectivity index (χ0n) is 12.6. The van der Waals surface area contributed by atoms with Crippen molar-refractivity contribution >= 4 is 17.2 Å². The highest BCUT2D eigenvalue weighted by molar-refractivity contribution is 7.10. The summed E-state index contributed by atoms with van der Waals surface area (Å²) in [5, 5.41) is 13.3. The number of aliphatic hydroxyl groups is 1. The van der Waals surface area contributed by atoms with E-state index in [-0.39, 0.29) is 12.5 Å². The number of amides is 1. The van der Waals surface area contributed by atoms with E-state index in [1.807, 2.05) is 0 Å². The van der Waals surface area contributed by atoms with E-state index in [2.05, 4.69) is 31.0 Å². The van der Waals surface area contributed by atoms with Crippen molar-refractivity contribution in [3.05, 3.63) is 21.9 Å². The molecule has 116 valence electrons. The van der Waals surface area contributed by atoms with Gasteiger partial charge in [-0.2, -0.15) is 0 Å². The van der Waals surface area contributed by atoms with Gasteiger partial charge in [0.15, 0.2) is 0 Å². The largest absolute Gasteiger partial charge is 0.395 e. The zero-order valence-corrected chi connectivity index (χ0v) is 13.5. The van der Waals surface area contributed by atoms with Gasteiger partial charge in [-0.05, 0) is 18.4 Å². The Morgan fingerprint density at radius 2 is 2.29 bits per heavy atom. The summed E-state index contributed by atoms with van der Waals surface area (Å²) in [5.74, 6) is 6.29. The third-order valence-corrected chi connectivity index (χ3v) is 3.53. The summed E-state index contributed by atoms with van der Waals surface area (Å²) >= 11 is 1.43. The first kappa shape index (κ1) is 17.7. The Bertz CT molecular complexity index is 485. The van der Waals surface area contributed by atoms with Crippen LogP contribution < -0.4 is 5.32 Å². The summed E-state index contributed by atoms with van der Waals surface area (Å²) in [4.78, 5) is 12.7. The van der Waals surface area contributed by atoms with Crippen LogP contribution in [0.25, 0.3) is 0 Å². The molecule has 0 radical (unpaired) electrons. The van der Waals surface area contributed by atoms with Gasteiger partial charge >= 0.3 is 0 Å². The second-order valence-electron chi connectivity index (χ2n) is 5.03. The SMILES string of the molecule is CC(C)CCOCCNC(=O)c1csc(C#CCCO)c1. The smallest absolute Gasteiger partial charge is 0.252 e. The van der Waals surface area contributed by atoms with E-state index < -0.39 is 0 Å². The summed E-state index contributed by atoms with van der Waals surface area (Å²) in [7, 11) is 0. The molecule has 1 aromatic heterocycles. The summed E-state index contributed by atoms with van der Waals surface area (Å²) in [5.41, 5.74) is 0.621. The molecule has 1 amide bonds. The van der Waals surface area contributed by atoms with Gasteiger partial charge in [-0.25, -0.2) is 0 Å². The molecule has 0 unspecified atom stereocenters. The average molecular weight is 309 g/mol. The number of hydrogen-bond donors (Lipinski definition) is 2. The lowest BCUT2D eigenvalue weighted by Gasteiger charge is -2.07. The monoisotopic (exact) mass is 309 g/mol. The van der Waals surface area contributed by atoms with Gasteiger partial charge in [0.05, 0.1) is 23.7 Å². The van der Waals surface area contributed by atoms with E-state index in [9.17, 15) is 4.79 Å². The predicted molar refractivity (Wildman–Crippen MR) is 85.5 cm³/mol. The number of carbonyl (C=O) groups excluding carboxylic acids is 1. The van der Waals surface area contributed by atoms with Crippen LogP contribution in [0.4, 0.5) is 0 Å². The van der Waals surface area contributed by atoms with Gasteiger partial charge in [0.1, 0.15) is 0 Å². The molecule has 0 aliphatic rings. The molecule has 21 heavy (non-hydrogen) atoms. The first-order valence-electron chi connectivity index (χ1n) is 7.17. The topological polar surface area (TPSA) is 58.6 Å². The molecule has 0 saturated heterocycles. The Morgan fingerprint density at radius 1 is 1.48 bits per heavy atom. The zero-order chi connectivity index (χ0) is 15.5. The number of aliphatic hydroxyl groups excluding tert-OH is 1. The summed E-state index contributed by atoms with van der Waals surface area (Å²) < 4.78 is 5.44. The average Bonchev–Trinajstić information content (AvgIpc) is 2.91. The van der Waals surface area contributed by atoms with Crippen LogP contribution in [0, 0.1) is 17.8 Å². The van der Waals surface area contributed by atoms with Gasteiger partial charge in [-0.3, -0.25) is 4.79 Å². The van der Waals surface area contributed by atoms with Crippen LogP contribution >= 0.6 is 11.3 Å². The van der Waals surface area contributed by atoms with Crippen molar-refractivity contribution in [3.63, 3.8) is 0 Å². The Hall–Kier alpha value is -1.35. The molecule has 5 heteroatoms. The number of carbonyl (C=O) groups is 1. The van der Waals surface area contributed by atoms with Crippen molar-refractivity contribution in [2.75, 3.05) is 26.4 Å². The van der Waals surface area contributed by atoms with Crippen LogP contribution in [-0.4, -0.2) is 37.4 Å². The van der Waals surface area contributed by atoms with Crippen LogP contribution in [0.1, 0.15) is 41.9 Å². The van der Waals surface area contributed by atoms with Crippen molar-refractivity contribution in [1.29, 1.82) is 0 Å². The van der Waals surface area contributed by atoms with Crippen molar-refractivity contribution in [2.24, 2.45) is 5.92 Å². The minimum Gasteiger partial charge on any atom is -0.395 e. The molecule has 0 aliphatic carbocycles. The molecular formula is C16H23NO3S. The molecule has 1 rings (SSSR count). The van der Waals surface area contributed by atoms with Crippen molar-refractivity contribution < 1.29 is 14.6 Å². The number of nitrogens with one attached hydrogen (secondary N) is 1. The summed E-state index contributed by atoms with van der Waals surface area (Å²) in [6.45, 7) is 6.15. The molecule has 0 aromatic carbocycles. The highest BCUT2D eigenvalue weighted by atomic mass is 32.1. The number of ether oxygens (including phenoxy) is 1. The molecule has 2 N–H and O–H groups in total. The summed E-state index contributed by atoms with van der Waals surface area (Å²) in [6.07, 6.45) is 1.49. The first-order valence-corrected chi connectivity index (χ1v) is 8.05. The molecule has 0 bridgehead atoms. The highest BCUT2D eigenvalue weighted by Gasteiger charge is 2.07. The lowest BCUT2D eigenvalue weighted by atomic mass is 10.1. The quantitative estimate of drug-likeness (QED) is 0.572. The fourth-order valence-electron chi connectivity index (χ4n) is 1.49. The van der Waals surface area contributed by atoms with Gasteiger partial charge in [-0.15, -0.1) is 11.3 Å². The van der Waals surface area contributed by atoms with Crippen LogP contribution in [-0.2, 0) is 4.74 Å². The lowest BCUT2D eigenvalue weighted by Crippen LogP contribution is -2.27. The fourth-order valence-corrected chi connectivity index (χ4v) is 2.24. The van der Waals surface area contributed by atoms with E-state index in [1.54, 1.807) is 11.4 Å². The van der Waals surface area contributed by atoms with E-state index in [1.165, 1.54) is 11.3 Å². The fraction of sp³-hybridized carbons (Fsp3) is 0.562. The standard InChI is InChI=1S/C16H23NO3S/c1-13(2)6-9-20-10-7-17-16(19)14-11-15(21-12-14)5-3-4-8-18/h11-13,18H,4,6-10H2,1-2H3,(H,17,19). The van der Waals surface area contributed by atoms with Crippen molar-refractivity contribution in [3.8, 4) is 11.8 Å². The first-order chi connectivity index (χ1) is 10.1. The third-order valence-electron chi connectivity index (χ3n) is 2.68. The van der Waals surface area contributed by atoms with Crippen LogP contribution in [0.2, 0.25) is 0 Å². The molecule has 0 saturated carbocycles. The van der Waals surface area contributed by atoms with Crippen molar-refractivity contribution in [2.45, 2.75) is 26.7 Å². The van der Waals surface area contributed by atoms with E-state index in [0.29, 0.717) is 31.1 Å². The Balaban J connectivity index is 2.25. The Kier molecular flexibility index (Phi) is 8.76. The molecule has 0 spiro atoms. The molecular weight excluding hydrogens is 286 g/mol. The van der Waals surface area contributed by atoms with Gasteiger partial charge in [0.2, 0.25) is 0 Å². The van der Waals surface area contributed by atoms with Gasteiger partial charge in [0.25, 0.3) is 5.91 Å². The molecule has 1 aromatic rings. The Morgan fingerprint density at radius 3 is 3.00 bits per heavy atom. The minimum atomic E-state index is -0.103. The second kappa shape index (κ2) is 10.4. The number of rotatable bonds is 8. The van der Waals surface area contributed by atoms with E-state index >= 15 is 0 Å². The third kappa shape index (κ3) is 7.86. The number of thiophene rings is 1. The second-order valence-corrected chi connectivity index (χ2v) is 5.94. The lowest BCUT2D eigenvalue weighted by molar-refractivity contribution is 0.0906. The molecule has 4 nitrogen and oxygen atoms in total. The molecule has 0 fully saturated rings. The van der Waals surface area contributed by atoms with Gasteiger partial charge in [0, 0.05) is 25.0 Å². The Labute approximate surface area is 130 Å². The van der Waals surface area contributed by atoms with Gasteiger partial charge in [-0.1, -0.05) is 25.7 Å².